The Kier molecular flexibility index (Phi) is 3.29. The highest BCUT2D eigenvalue weighted by Crippen LogP contribution is 2.00. The second kappa shape index (κ2) is 4.89. The minimum atomic E-state index is 0.0803. The molecule has 1 atom stereocenters. The topological polar surface area (TPSA) is 54.0 Å². The van der Waals surface area contributed by atoms with Crippen LogP contribution in [-0.4, -0.2) is 30.0 Å². The van der Waals surface area contributed by atoms with Gasteiger partial charge in [-0.2, -0.15) is 0 Å². The fourth-order valence-corrected chi connectivity index (χ4v) is 1.74. The van der Waals surface area contributed by atoms with E-state index in [9.17, 15) is 4.79 Å². The second-order valence-electron chi connectivity index (χ2n) is 3.80. The van der Waals surface area contributed by atoms with Crippen LogP contribution in [0, 0.1) is 0 Å². The Morgan fingerprint density at radius 1 is 1.67 bits per heavy atom. The number of pyridine rings is 1. The summed E-state index contributed by atoms with van der Waals surface area (Å²) < 4.78 is 0. The number of carbonyl (C=O) groups is 1. The van der Waals surface area contributed by atoms with Crippen molar-refractivity contribution in [2.45, 2.75) is 18.9 Å². The number of amides is 1. The van der Waals surface area contributed by atoms with E-state index in [1.165, 1.54) is 0 Å². The molecule has 1 amide bonds. The minimum Gasteiger partial charge on any atom is -0.352 e. The maximum Gasteiger partial charge on any atom is 0.224 e. The van der Waals surface area contributed by atoms with E-state index >= 15 is 0 Å². The van der Waals surface area contributed by atoms with E-state index < -0.39 is 0 Å². The summed E-state index contributed by atoms with van der Waals surface area (Å²) in [6.45, 7) is 1.89. The molecular formula is C11H15N3O. The van der Waals surface area contributed by atoms with Crippen LogP contribution >= 0.6 is 0 Å². The molecule has 0 radical (unpaired) electrons. The van der Waals surface area contributed by atoms with Crippen LogP contribution in [0.4, 0.5) is 0 Å². The van der Waals surface area contributed by atoms with Gasteiger partial charge in [-0.15, -0.1) is 0 Å². The molecule has 4 heteroatoms. The average Bonchev–Trinajstić information content (AvgIpc) is 2.71. The maximum absolute atomic E-state index is 11.6. The standard InChI is InChI=1S/C11H15N3O/c15-11(14-10-3-5-13-8-10)6-9-2-1-4-12-7-9/h1-2,4,7,10,13H,3,5-6,8H2,(H,14,15). The van der Waals surface area contributed by atoms with Crippen molar-refractivity contribution in [3.8, 4) is 0 Å². The predicted molar refractivity (Wildman–Crippen MR) is 57.4 cm³/mol. The number of nitrogens with one attached hydrogen (secondary N) is 2. The molecule has 1 aromatic rings. The van der Waals surface area contributed by atoms with E-state index in [0.717, 1.165) is 25.1 Å². The van der Waals surface area contributed by atoms with E-state index in [0.29, 0.717) is 12.5 Å². The second-order valence-corrected chi connectivity index (χ2v) is 3.80. The average molecular weight is 205 g/mol. The Balaban J connectivity index is 1.82. The summed E-state index contributed by atoms with van der Waals surface area (Å²) in [5.74, 6) is 0.0803. The zero-order valence-corrected chi connectivity index (χ0v) is 8.57. The van der Waals surface area contributed by atoms with Crippen molar-refractivity contribution < 1.29 is 4.79 Å². The van der Waals surface area contributed by atoms with E-state index in [-0.39, 0.29) is 5.91 Å². The monoisotopic (exact) mass is 205 g/mol. The van der Waals surface area contributed by atoms with Crippen molar-refractivity contribution in [2.24, 2.45) is 0 Å². The molecule has 2 N–H and O–H groups in total. The molecule has 0 spiro atoms. The smallest absolute Gasteiger partial charge is 0.224 e. The third-order valence-corrected chi connectivity index (χ3v) is 2.51. The molecule has 15 heavy (non-hydrogen) atoms. The Morgan fingerprint density at radius 3 is 3.27 bits per heavy atom. The summed E-state index contributed by atoms with van der Waals surface area (Å²) in [5, 5.41) is 6.21. The summed E-state index contributed by atoms with van der Waals surface area (Å²) in [6.07, 6.45) is 4.89. The summed E-state index contributed by atoms with van der Waals surface area (Å²) in [5.41, 5.74) is 0.959. The zero-order chi connectivity index (χ0) is 10.5. The van der Waals surface area contributed by atoms with Crippen LogP contribution in [0.25, 0.3) is 0 Å². The highest BCUT2D eigenvalue weighted by atomic mass is 16.1. The van der Waals surface area contributed by atoms with E-state index in [2.05, 4.69) is 15.6 Å². The van der Waals surface area contributed by atoms with E-state index in [1.54, 1.807) is 12.4 Å². The van der Waals surface area contributed by atoms with Gasteiger partial charge in [0.15, 0.2) is 0 Å². The van der Waals surface area contributed by atoms with Crippen molar-refractivity contribution in [1.29, 1.82) is 0 Å². The third-order valence-electron chi connectivity index (χ3n) is 2.51. The van der Waals surface area contributed by atoms with Crippen molar-refractivity contribution in [2.75, 3.05) is 13.1 Å². The summed E-state index contributed by atoms with van der Waals surface area (Å²) >= 11 is 0. The fourth-order valence-electron chi connectivity index (χ4n) is 1.74. The molecule has 0 saturated carbocycles. The molecule has 1 aliphatic heterocycles. The van der Waals surface area contributed by atoms with Gasteiger partial charge in [0, 0.05) is 25.0 Å². The molecule has 80 valence electrons. The van der Waals surface area contributed by atoms with Crippen molar-refractivity contribution in [1.82, 2.24) is 15.6 Å². The van der Waals surface area contributed by atoms with Gasteiger partial charge in [-0.25, -0.2) is 0 Å². The lowest BCUT2D eigenvalue weighted by Crippen LogP contribution is -2.37. The first kappa shape index (κ1) is 10.1. The zero-order valence-electron chi connectivity index (χ0n) is 8.57. The van der Waals surface area contributed by atoms with Gasteiger partial charge in [-0.1, -0.05) is 6.07 Å². The largest absolute Gasteiger partial charge is 0.352 e. The van der Waals surface area contributed by atoms with Gasteiger partial charge in [0.1, 0.15) is 0 Å². The molecule has 1 aliphatic rings. The maximum atomic E-state index is 11.6. The lowest BCUT2D eigenvalue weighted by atomic mass is 10.2. The van der Waals surface area contributed by atoms with Gasteiger partial charge in [-0.3, -0.25) is 9.78 Å². The van der Waals surface area contributed by atoms with Gasteiger partial charge >= 0.3 is 0 Å². The van der Waals surface area contributed by atoms with Crippen LogP contribution < -0.4 is 10.6 Å². The van der Waals surface area contributed by atoms with Crippen LogP contribution in [0.3, 0.4) is 0 Å². The number of hydrogen-bond acceptors (Lipinski definition) is 3. The van der Waals surface area contributed by atoms with Crippen LogP contribution in [0.2, 0.25) is 0 Å². The normalized spacial score (nSPS) is 20.1. The summed E-state index contributed by atoms with van der Waals surface area (Å²) in [4.78, 5) is 15.6. The SMILES string of the molecule is O=C(Cc1cccnc1)NC1CCNC1. The third kappa shape index (κ3) is 3.02. The van der Waals surface area contributed by atoms with Crippen LogP contribution in [0.1, 0.15) is 12.0 Å². The Hall–Kier alpha value is -1.42. The molecule has 0 aromatic carbocycles. The molecule has 0 bridgehead atoms. The van der Waals surface area contributed by atoms with Crippen molar-refractivity contribution >= 4 is 5.91 Å². The summed E-state index contributed by atoms with van der Waals surface area (Å²) in [7, 11) is 0. The van der Waals surface area contributed by atoms with Gasteiger partial charge in [0.25, 0.3) is 0 Å². The Labute approximate surface area is 89.1 Å². The highest BCUT2D eigenvalue weighted by molar-refractivity contribution is 5.78. The van der Waals surface area contributed by atoms with Gasteiger partial charge in [0.2, 0.25) is 5.91 Å². The summed E-state index contributed by atoms with van der Waals surface area (Å²) in [6, 6.07) is 4.06. The predicted octanol–water partition coefficient (Wildman–Crippen LogP) is 0.102. The number of rotatable bonds is 3. The van der Waals surface area contributed by atoms with Gasteiger partial charge in [-0.05, 0) is 24.6 Å². The van der Waals surface area contributed by atoms with E-state index in [1.807, 2.05) is 12.1 Å². The van der Waals surface area contributed by atoms with Gasteiger partial charge < -0.3 is 10.6 Å². The Bertz CT molecular complexity index is 320. The van der Waals surface area contributed by atoms with Gasteiger partial charge in [0.05, 0.1) is 6.42 Å². The minimum absolute atomic E-state index is 0.0803. The molecule has 2 rings (SSSR count). The number of carbonyl (C=O) groups excluding carboxylic acids is 1. The van der Waals surface area contributed by atoms with Crippen LogP contribution in [0.15, 0.2) is 24.5 Å². The molecule has 0 aliphatic carbocycles. The lowest BCUT2D eigenvalue weighted by Gasteiger charge is -2.10. The number of hydrogen-bond donors (Lipinski definition) is 2. The molecular weight excluding hydrogens is 190 g/mol. The quantitative estimate of drug-likeness (QED) is 0.736. The first-order valence-electron chi connectivity index (χ1n) is 5.23. The number of nitrogens with zero attached hydrogens (tertiary/aromatic N) is 1. The molecule has 1 saturated heterocycles. The molecule has 4 nitrogen and oxygen atoms in total. The molecule has 1 fully saturated rings. The lowest BCUT2D eigenvalue weighted by molar-refractivity contribution is -0.121. The highest BCUT2D eigenvalue weighted by Gasteiger charge is 2.16. The van der Waals surface area contributed by atoms with Crippen LogP contribution in [-0.2, 0) is 11.2 Å². The van der Waals surface area contributed by atoms with Crippen LogP contribution in [0.5, 0.6) is 0 Å². The van der Waals surface area contributed by atoms with Crippen molar-refractivity contribution in [3.05, 3.63) is 30.1 Å². The van der Waals surface area contributed by atoms with Crippen molar-refractivity contribution in [3.63, 3.8) is 0 Å². The first-order chi connectivity index (χ1) is 7.34. The Morgan fingerprint density at radius 2 is 2.60 bits per heavy atom. The van der Waals surface area contributed by atoms with E-state index in [4.69, 9.17) is 0 Å². The molecule has 1 aromatic heterocycles. The molecule has 1 unspecified atom stereocenters. The first-order valence-corrected chi connectivity index (χ1v) is 5.23. The number of aromatic nitrogens is 1. The fraction of sp³-hybridized carbons (Fsp3) is 0.455. The molecule has 2 heterocycles.